The second-order valence-electron chi connectivity index (χ2n) is 7.03. The first-order valence-corrected chi connectivity index (χ1v) is 9.22. The first kappa shape index (κ1) is 19.3. The Hall–Kier alpha value is -3.06. The molecule has 148 valence electrons. The molecule has 0 unspecified atom stereocenters. The van der Waals surface area contributed by atoms with Crippen LogP contribution >= 0.6 is 0 Å². The quantitative estimate of drug-likeness (QED) is 0.603. The molecule has 0 N–H and O–H groups in total. The molecule has 3 aromatic rings. The predicted molar refractivity (Wildman–Crippen MR) is 101 cm³/mol. The second-order valence-corrected chi connectivity index (χ2v) is 7.03. The van der Waals surface area contributed by atoms with Gasteiger partial charge in [-0.3, -0.25) is 9.69 Å². The molecule has 0 amide bonds. The van der Waals surface area contributed by atoms with Gasteiger partial charge in [0.25, 0.3) is 0 Å². The van der Waals surface area contributed by atoms with Gasteiger partial charge in [-0.15, -0.1) is 0 Å². The summed E-state index contributed by atoms with van der Waals surface area (Å²) >= 11 is 0. The fourth-order valence-corrected chi connectivity index (χ4v) is 3.53. The van der Waals surface area contributed by atoms with Crippen LogP contribution in [-0.2, 0) is 25.7 Å². The Morgan fingerprint density at radius 1 is 1.00 bits per heavy atom. The molecular formula is C22H18F3N3O. The van der Waals surface area contributed by atoms with Gasteiger partial charge in [-0.05, 0) is 29.7 Å². The SMILES string of the molecule is O=C(c1ccc(C(F)(F)F)cc1)c1ncncc1CCN1Cc2ccccc2C1. The molecule has 0 saturated carbocycles. The number of halogens is 3. The van der Waals surface area contributed by atoms with Gasteiger partial charge in [-0.2, -0.15) is 13.2 Å². The Morgan fingerprint density at radius 3 is 2.28 bits per heavy atom. The zero-order chi connectivity index (χ0) is 20.4. The van der Waals surface area contributed by atoms with Crippen LogP contribution in [0.2, 0.25) is 0 Å². The summed E-state index contributed by atoms with van der Waals surface area (Å²) in [6.07, 6.45) is -0.967. The van der Waals surface area contributed by atoms with Crippen molar-refractivity contribution in [3.8, 4) is 0 Å². The lowest BCUT2D eigenvalue weighted by molar-refractivity contribution is -0.137. The third-order valence-corrected chi connectivity index (χ3v) is 5.08. The van der Waals surface area contributed by atoms with Crippen LogP contribution in [-0.4, -0.2) is 27.2 Å². The third-order valence-electron chi connectivity index (χ3n) is 5.08. The highest BCUT2D eigenvalue weighted by Gasteiger charge is 2.30. The van der Waals surface area contributed by atoms with E-state index in [1.54, 1.807) is 6.20 Å². The topological polar surface area (TPSA) is 46.1 Å². The number of carbonyl (C=O) groups excluding carboxylic acids is 1. The van der Waals surface area contributed by atoms with Crippen LogP contribution in [0.1, 0.15) is 38.3 Å². The van der Waals surface area contributed by atoms with Crippen molar-refractivity contribution in [2.75, 3.05) is 6.54 Å². The number of fused-ring (bicyclic) bond motifs is 1. The van der Waals surface area contributed by atoms with Gasteiger partial charge in [-0.1, -0.05) is 36.4 Å². The molecule has 2 aromatic carbocycles. The number of ketones is 1. The van der Waals surface area contributed by atoms with E-state index in [-0.39, 0.29) is 11.3 Å². The van der Waals surface area contributed by atoms with Crippen LogP contribution < -0.4 is 0 Å². The molecule has 0 bridgehead atoms. The molecule has 0 spiro atoms. The molecule has 0 radical (unpaired) electrons. The molecule has 7 heteroatoms. The average molecular weight is 397 g/mol. The van der Waals surface area contributed by atoms with Crippen LogP contribution in [0.3, 0.4) is 0 Å². The Morgan fingerprint density at radius 2 is 1.66 bits per heavy atom. The maximum atomic E-state index is 12.8. The maximum Gasteiger partial charge on any atom is 0.416 e. The van der Waals surface area contributed by atoms with Crippen molar-refractivity contribution in [2.45, 2.75) is 25.7 Å². The highest BCUT2D eigenvalue weighted by molar-refractivity contribution is 6.08. The summed E-state index contributed by atoms with van der Waals surface area (Å²) in [5, 5.41) is 0. The summed E-state index contributed by atoms with van der Waals surface area (Å²) in [4.78, 5) is 23.2. The van der Waals surface area contributed by atoms with E-state index in [1.165, 1.54) is 29.6 Å². The van der Waals surface area contributed by atoms with E-state index < -0.39 is 17.5 Å². The Bertz CT molecular complexity index is 1010. The Labute approximate surface area is 166 Å². The van der Waals surface area contributed by atoms with Crippen molar-refractivity contribution < 1.29 is 18.0 Å². The van der Waals surface area contributed by atoms with Crippen molar-refractivity contribution in [3.63, 3.8) is 0 Å². The van der Waals surface area contributed by atoms with Crippen molar-refractivity contribution >= 4 is 5.78 Å². The van der Waals surface area contributed by atoms with Gasteiger partial charge in [0, 0.05) is 37.0 Å². The molecule has 1 aliphatic heterocycles. The summed E-state index contributed by atoms with van der Waals surface area (Å²) in [6, 6.07) is 12.5. The average Bonchev–Trinajstić information content (AvgIpc) is 3.14. The third kappa shape index (κ3) is 4.19. The number of nitrogens with zero attached hydrogens (tertiary/aromatic N) is 3. The maximum absolute atomic E-state index is 12.8. The molecule has 0 aliphatic carbocycles. The van der Waals surface area contributed by atoms with E-state index in [0.717, 1.165) is 31.8 Å². The number of aromatic nitrogens is 2. The molecule has 29 heavy (non-hydrogen) atoms. The fraction of sp³-hybridized carbons (Fsp3) is 0.227. The summed E-state index contributed by atoms with van der Waals surface area (Å²) < 4.78 is 38.2. The molecule has 0 saturated heterocycles. The normalized spacial score (nSPS) is 14.0. The largest absolute Gasteiger partial charge is 0.416 e. The lowest BCUT2D eigenvalue weighted by atomic mass is 10.0. The van der Waals surface area contributed by atoms with Gasteiger partial charge in [-0.25, -0.2) is 9.97 Å². The Balaban J connectivity index is 1.48. The number of benzene rings is 2. The number of alkyl halides is 3. The number of hydrogen-bond donors (Lipinski definition) is 0. The van der Waals surface area contributed by atoms with Crippen molar-refractivity contribution in [1.82, 2.24) is 14.9 Å². The van der Waals surface area contributed by atoms with E-state index in [2.05, 4.69) is 27.0 Å². The minimum Gasteiger partial charge on any atom is -0.294 e. The predicted octanol–water partition coefficient (Wildman–Crippen LogP) is 4.28. The van der Waals surface area contributed by atoms with Gasteiger partial charge < -0.3 is 0 Å². The van der Waals surface area contributed by atoms with Crippen LogP contribution in [0.5, 0.6) is 0 Å². The zero-order valence-corrected chi connectivity index (χ0v) is 15.5. The number of hydrogen-bond acceptors (Lipinski definition) is 4. The number of rotatable bonds is 5. The first-order chi connectivity index (χ1) is 13.9. The summed E-state index contributed by atoms with van der Waals surface area (Å²) in [5.41, 5.74) is 2.91. The van der Waals surface area contributed by atoms with Gasteiger partial charge in [0.05, 0.1) is 5.56 Å². The monoisotopic (exact) mass is 397 g/mol. The van der Waals surface area contributed by atoms with E-state index in [0.29, 0.717) is 12.0 Å². The highest BCUT2D eigenvalue weighted by atomic mass is 19.4. The fourth-order valence-electron chi connectivity index (χ4n) is 3.53. The molecule has 0 atom stereocenters. The lowest BCUT2D eigenvalue weighted by Gasteiger charge is -2.15. The first-order valence-electron chi connectivity index (χ1n) is 9.22. The summed E-state index contributed by atoms with van der Waals surface area (Å²) in [5.74, 6) is -0.402. The van der Waals surface area contributed by atoms with Crippen LogP contribution in [0.4, 0.5) is 13.2 Å². The summed E-state index contributed by atoms with van der Waals surface area (Å²) in [7, 11) is 0. The van der Waals surface area contributed by atoms with Gasteiger partial charge in [0.2, 0.25) is 5.78 Å². The minimum absolute atomic E-state index is 0.173. The van der Waals surface area contributed by atoms with E-state index in [4.69, 9.17) is 0 Å². The van der Waals surface area contributed by atoms with Crippen molar-refractivity contribution in [1.29, 1.82) is 0 Å². The smallest absolute Gasteiger partial charge is 0.294 e. The van der Waals surface area contributed by atoms with Gasteiger partial charge >= 0.3 is 6.18 Å². The molecule has 4 nitrogen and oxygen atoms in total. The van der Waals surface area contributed by atoms with Crippen molar-refractivity contribution in [3.05, 3.63) is 94.6 Å². The highest BCUT2D eigenvalue weighted by Crippen LogP contribution is 2.29. The standard InChI is InChI=1S/C22H18F3N3O/c23-22(24,25)19-7-5-15(6-8-19)21(29)20-16(11-26-14-27-20)9-10-28-12-17-3-1-2-4-18(17)13-28/h1-8,11,14H,9-10,12-13H2. The Kier molecular flexibility index (Phi) is 5.15. The second kappa shape index (κ2) is 7.75. The lowest BCUT2D eigenvalue weighted by Crippen LogP contribution is -2.21. The number of carbonyl (C=O) groups is 1. The minimum atomic E-state index is -4.44. The van der Waals surface area contributed by atoms with Crippen LogP contribution in [0.25, 0.3) is 0 Å². The van der Waals surface area contributed by atoms with E-state index in [9.17, 15) is 18.0 Å². The molecule has 4 rings (SSSR count). The van der Waals surface area contributed by atoms with Gasteiger partial charge in [0.1, 0.15) is 12.0 Å². The van der Waals surface area contributed by atoms with Crippen LogP contribution in [0, 0.1) is 0 Å². The molecular weight excluding hydrogens is 379 g/mol. The van der Waals surface area contributed by atoms with Crippen molar-refractivity contribution in [2.24, 2.45) is 0 Å². The molecule has 0 fully saturated rings. The van der Waals surface area contributed by atoms with Gasteiger partial charge in [0.15, 0.2) is 0 Å². The van der Waals surface area contributed by atoms with Crippen LogP contribution in [0.15, 0.2) is 61.1 Å². The van der Waals surface area contributed by atoms with E-state index in [1.807, 2.05) is 12.1 Å². The van der Waals surface area contributed by atoms with E-state index >= 15 is 0 Å². The molecule has 2 heterocycles. The molecule has 1 aliphatic rings. The molecule has 1 aromatic heterocycles. The summed E-state index contributed by atoms with van der Waals surface area (Å²) in [6.45, 7) is 2.44. The zero-order valence-electron chi connectivity index (χ0n) is 15.5.